The average Bonchev–Trinajstić information content (AvgIpc) is 0.820. The number of unbranched alkanes of at least 4 members (excludes halogenated alkanes) is 1. The summed E-state index contributed by atoms with van der Waals surface area (Å²) >= 11 is 6.23. The van der Waals surface area contributed by atoms with Crippen molar-refractivity contribution in [3.8, 4) is 12.3 Å². The molecule has 524 valence electrons. The SMILES string of the molecule is C#Cc1cccc(C[C@@H]2NC(=O)CN(C)C(=O)[C@H](Cc3ccc(Cl)cc3)N(C)C(=O)CN(C)C(=O)CN(C)C(=O)[C@H]([C@@H](C)CC)NC(=O)[C@H](CC(C)C)N(C)C(=O)CC(C(=O)N3CCCCC3)N(C)C(=O)[C@H](CC(C)C)NC(=O)C(C)(C)N(C)C(=O)[C@H](CCCC)NC2=O)c1. The van der Waals surface area contributed by atoms with Gasteiger partial charge >= 0.3 is 0 Å². The van der Waals surface area contributed by atoms with Crippen molar-refractivity contribution in [3.63, 3.8) is 0 Å². The lowest BCUT2D eigenvalue weighted by molar-refractivity contribution is -0.152. The first kappa shape index (κ1) is 79.4. The fourth-order valence-electron chi connectivity index (χ4n) is 11.5. The van der Waals surface area contributed by atoms with Crippen LogP contribution >= 0.6 is 11.6 Å². The van der Waals surface area contributed by atoms with Crippen molar-refractivity contribution in [2.45, 2.75) is 187 Å². The Labute approximate surface area is 567 Å². The van der Waals surface area contributed by atoms with Crippen molar-refractivity contribution in [2.75, 3.05) is 82.1 Å². The molecule has 0 spiro atoms. The highest BCUT2D eigenvalue weighted by atomic mass is 35.5. The lowest BCUT2D eigenvalue weighted by atomic mass is 9.95. The summed E-state index contributed by atoms with van der Waals surface area (Å²) in [6.07, 6.45) is 9.02. The number of likely N-dealkylation sites (tertiary alicyclic amines) is 1. The summed E-state index contributed by atoms with van der Waals surface area (Å²) in [4.78, 5) is 186. The van der Waals surface area contributed by atoms with Gasteiger partial charge in [0, 0.05) is 85.9 Å². The standard InChI is InChI=1S/C70H105ClN12O12/c1-18-21-28-51-65(91)82(17)70(9,10)69(95)74-53(35-44(4)5)64(90)81(16)56(67(93)83-33-23-22-24-34-83)40-58(85)79(14)54(36-45(6)7)63(89)75-61(46(8)19-2)68(94)78(13)42-59(86)76(11)43-60(87)80(15)55(39-48-29-31-50(71)32-30-48)66(92)77(12)41-57(84)72-52(62(88)73-51)38-49-27-25-26-47(20-3)37-49/h3,25-27,29-32,37,44-46,51-56,61H,18-19,21-24,28,33-36,38-43H2,1-2,4-17H3,(H,72,84)(H,73,88)(H,74,95)(H,75,89)/t46-,51-,52-,53-,54-,55-,56?,61-/m0/s1. The number of hydrogen-bond acceptors (Lipinski definition) is 12. The summed E-state index contributed by atoms with van der Waals surface area (Å²) in [5, 5.41) is 11.8. The van der Waals surface area contributed by atoms with E-state index in [0.717, 1.165) is 21.1 Å². The third-order valence-electron chi connectivity index (χ3n) is 18.2. The number of carbonyl (C=O) groups is 12. The van der Waals surface area contributed by atoms with Crippen LogP contribution in [0.5, 0.6) is 0 Å². The fraction of sp³-hybridized carbons (Fsp3) is 0.629. The van der Waals surface area contributed by atoms with Crippen LogP contribution in [0, 0.1) is 30.1 Å². The van der Waals surface area contributed by atoms with Crippen molar-refractivity contribution in [2.24, 2.45) is 17.8 Å². The van der Waals surface area contributed by atoms with Gasteiger partial charge in [0.2, 0.25) is 70.9 Å². The molecule has 0 radical (unpaired) electrons. The molecular formula is C70H105ClN12O12. The summed E-state index contributed by atoms with van der Waals surface area (Å²) < 4.78 is 0. The van der Waals surface area contributed by atoms with E-state index >= 15 is 4.79 Å². The van der Waals surface area contributed by atoms with Crippen molar-refractivity contribution < 1.29 is 57.5 Å². The third-order valence-corrected chi connectivity index (χ3v) is 18.5. The quantitative estimate of drug-likeness (QED) is 0.196. The number of rotatable bonds is 14. The van der Waals surface area contributed by atoms with Crippen molar-refractivity contribution in [1.29, 1.82) is 0 Å². The molecule has 2 fully saturated rings. The Balaban J connectivity index is 1.89. The molecular weight excluding hydrogens is 1240 g/mol. The largest absolute Gasteiger partial charge is 0.343 e. The summed E-state index contributed by atoms with van der Waals surface area (Å²) in [7, 11) is 9.72. The molecule has 2 heterocycles. The highest BCUT2D eigenvalue weighted by Crippen LogP contribution is 2.24. The summed E-state index contributed by atoms with van der Waals surface area (Å²) in [5.41, 5.74) is -0.0752. The normalized spacial score (nSPS) is 23.7. The number of halogens is 1. The van der Waals surface area contributed by atoms with Crippen LogP contribution in [-0.4, -0.2) is 240 Å². The minimum absolute atomic E-state index is 0.0621. The monoisotopic (exact) mass is 1340 g/mol. The van der Waals surface area contributed by atoms with E-state index in [2.05, 4.69) is 27.2 Å². The zero-order valence-electron chi connectivity index (χ0n) is 58.8. The van der Waals surface area contributed by atoms with Gasteiger partial charge in [0.15, 0.2) is 0 Å². The minimum Gasteiger partial charge on any atom is -0.343 e. The molecule has 0 aliphatic carbocycles. The van der Waals surface area contributed by atoms with Gasteiger partial charge in [-0.2, -0.15) is 0 Å². The van der Waals surface area contributed by atoms with E-state index in [1.54, 1.807) is 60.4 Å². The topological polar surface area (TPSA) is 279 Å². The molecule has 24 nitrogen and oxygen atoms in total. The number of terminal acetylenes is 1. The van der Waals surface area contributed by atoms with E-state index in [1.165, 1.54) is 82.8 Å². The van der Waals surface area contributed by atoms with Crippen LogP contribution in [0.15, 0.2) is 48.5 Å². The predicted molar refractivity (Wildman–Crippen MR) is 363 cm³/mol. The number of benzene rings is 2. The van der Waals surface area contributed by atoms with Gasteiger partial charge in [-0.05, 0) is 106 Å². The van der Waals surface area contributed by atoms with Gasteiger partial charge < -0.3 is 60.5 Å². The summed E-state index contributed by atoms with van der Waals surface area (Å²) in [5.74, 6) is -6.49. The summed E-state index contributed by atoms with van der Waals surface area (Å²) in [6, 6.07) is 4.37. The Morgan fingerprint density at radius 3 is 1.80 bits per heavy atom. The van der Waals surface area contributed by atoms with Crippen LogP contribution in [0.3, 0.4) is 0 Å². The van der Waals surface area contributed by atoms with Crippen molar-refractivity contribution in [1.82, 2.24) is 60.5 Å². The minimum atomic E-state index is -1.71. The Hall–Kier alpha value is -8.07. The number of nitrogens with one attached hydrogen (secondary N) is 4. The van der Waals surface area contributed by atoms with E-state index in [4.69, 9.17) is 18.0 Å². The van der Waals surface area contributed by atoms with Gasteiger partial charge in [0.25, 0.3) is 0 Å². The fourth-order valence-corrected chi connectivity index (χ4v) is 11.6. The molecule has 2 saturated heterocycles. The molecule has 0 aromatic heterocycles. The van der Waals surface area contributed by atoms with Crippen molar-refractivity contribution in [3.05, 3.63) is 70.2 Å². The van der Waals surface area contributed by atoms with Crippen LogP contribution in [-0.2, 0) is 70.4 Å². The Morgan fingerprint density at radius 1 is 0.611 bits per heavy atom. The number of carbonyl (C=O) groups excluding carboxylic acids is 12. The number of hydrogen-bond donors (Lipinski definition) is 4. The number of likely N-dealkylation sites (N-methyl/N-ethyl adjacent to an activating group) is 7. The smallest absolute Gasteiger partial charge is 0.246 e. The van der Waals surface area contributed by atoms with E-state index < -0.39 is 151 Å². The lowest BCUT2D eigenvalue weighted by Gasteiger charge is -2.39. The molecule has 2 aromatic rings. The van der Waals surface area contributed by atoms with E-state index in [9.17, 15) is 52.7 Å². The van der Waals surface area contributed by atoms with Gasteiger partial charge in [-0.1, -0.05) is 110 Å². The molecule has 1 unspecified atom stereocenters. The molecule has 12 amide bonds. The van der Waals surface area contributed by atoms with Gasteiger partial charge in [0.1, 0.15) is 47.8 Å². The molecule has 0 saturated carbocycles. The van der Waals surface area contributed by atoms with Gasteiger partial charge in [-0.25, -0.2) is 0 Å². The van der Waals surface area contributed by atoms with Gasteiger partial charge in [-0.3, -0.25) is 57.5 Å². The van der Waals surface area contributed by atoms with Crippen LogP contribution in [0.1, 0.15) is 143 Å². The molecule has 25 heteroatoms. The Kier molecular flexibility index (Phi) is 30.7. The number of nitrogens with zero attached hydrogens (tertiary/aromatic N) is 8. The first-order chi connectivity index (χ1) is 44.6. The Bertz CT molecular complexity index is 3090. The second-order valence-electron chi connectivity index (χ2n) is 27.1. The van der Waals surface area contributed by atoms with Crippen molar-refractivity contribution >= 4 is 82.5 Å². The first-order valence-electron chi connectivity index (χ1n) is 33.2. The maximum Gasteiger partial charge on any atom is 0.246 e. The van der Waals surface area contributed by atoms with Crippen LogP contribution in [0.25, 0.3) is 0 Å². The van der Waals surface area contributed by atoms with Crippen LogP contribution in [0.4, 0.5) is 0 Å². The van der Waals surface area contributed by atoms with E-state index in [-0.39, 0.29) is 43.9 Å². The number of piperidine rings is 1. The maximum atomic E-state index is 15.1. The molecule has 0 bridgehead atoms. The highest BCUT2D eigenvalue weighted by molar-refractivity contribution is 6.30. The van der Waals surface area contributed by atoms with Gasteiger partial charge in [0.05, 0.1) is 26.1 Å². The molecule has 2 aliphatic heterocycles. The zero-order valence-corrected chi connectivity index (χ0v) is 59.6. The van der Waals surface area contributed by atoms with E-state index in [1.807, 2.05) is 41.5 Å². The Morgan fingerprint density at radius 2 is 1.21 bits per heavy atom. The molecule has 2 aromatic carbocycles. The predicted octanol–water partition coefficient (Wildman–Crippen LogP) is 3.88. The zero-order chi connectivity index (χ0) is 71.3. The molecule has 8 atom stereocenters. The molecule has 4 N–H and O–H groups in total. The average molecular weight is 1340 g/mol. The molecule has 4 rings (SSSR count). The maximum absolute atomic E-state index is 15.1. The van der Waals surface area contributed by atoms with Gasteiger partial charge in [-0.15, -0.1) is 6.42 Å². The second kappa shape index (κ2) is 36.7. The first-order valence-corrected chi connectivity index (χ1v) is 33.6. The van der Waals surface area contributed by atoms with E-state index in [0.29, 0.717) is 66.9 Å². The number of amides is 12. The lowest BCUT2D eigenvalue weighted by Crippen LogP contribution is -2.63. The molecule has 95 heavy (non-hydrogen) atoms. The third kappa shape index (κ3) is 22.5. The van der Waals surface area contributed by atoms with Crippen LogP contribution in [0.2, 0.25) is 5.02 Å². The molecule has 2 aliphatic rings. The second-order valence-corrected chi connectivity index (χ2v) is 27.5. The van der Waals surface area contributed by atoms with Crippen LogP contribution < -0.4 is 21.3 Å². The summed E-state index contributed by atoms with van der Waals surface area (Å²) in [6.45, 7) is 14.9. The highest BCUT2D eigenvalue weighted by Gasteiger charge is 2.44.